The van der Waals surface area contributed by atoms with Crippen LogP contribution in [0.2, 0.25) is 0 Å². The van der Waals surface area contributed by atoms with Gasteiger partial charge in [0.2, 0.25) is 0 Å². The molecule has 122 valence electrons. The van der Waals surface area contributed by atoms with Gasteiger partial charge in [0, 0.05) is 23.7 Å². The first-order valence-corrected chi connectivity index (χ1v) is 9.51. The van der Waals surface area contributed by atoms with E-state index in [1.54, 1.807) is 0 Å². The highest BCUT2D eigenvalue weighted by molar-refractivity contribution is 7.84. The minimum absolute atomic E-state index is 0.413. The zero-order valence-electron chi connectivity index (χ0n) is 13.2. The third kappa shape index (κ3) is 4.91. The number of nitrogens with one attached hydrogen (secondary N) is 1. The van der Waals surface area contributed by atoms with Crippen molar-refractivity contribution in [2.45, 2.75) is 36.0 Å². The molecule has 2 atom stereocenters. The molecule has 1 aliphatic heterocycles. The van der Waals surface area contributed by atoms with Gasteiger partial charge in [0.15, 0.2) is 0 Å². The van der Waals surface area contributed by atoms with E-state index in [9.17, 15) is 4.21 Å². The molecule has 0 amide bonds. The lowest BCUT2D eigenvalue weighted by molar-refractivity contribution is 0.107. The fraction of sp³-hybridized carbons (Fsp3) is 0.368. The molecule has 0 bridgehead atoms. The van der Waals surface area contributed by atoms with Gasteiger partial charge in [-0.25, -0.2) is 0 Å². The summed E-state index contributed by atoms with van der Waals surface area (Å²) >= 11 is 0. The van der Waals surface area contributed by atoms with Crippen LogP contribution in [0, 0.1) is 0 Å². The van der Waals surface area contributed by atoms with Crippen molar-refractivity contribution >= 4 is 16.5 Å². The van der Waals surface area contributed by atoms with E-state index < -0.39 is 10.8 Å². The van der Waals surface area contributed by atoms with Crippen molar-refractivity contribution in [3.63, 3.8) is 0 Å². The highest BCUT2D eigenvalue weighted by Crippen LogP contribution is 2.18. The predicted octanol–water partition coefficient (Wildman–Crippen LogP) is 3.98. The Bertz CT molecular complexity index is 639. The molecule has 3 rings (SSSR count). The van der Waals surface area contributed by atoms with Crippen LogP contribution in [0.5, 0.6) is 0 Å². The van der Waals surface area contributed by atoms with E-state index in [2.05, 4.69) is 17.4 Å². The molecule has 0 aliphatic carbocycles. The predicted molar refractivity (Wildman–Crippen MR) is 95.1 cm³/mol. The summed E-state index contributed by atoms with van der Waals surface area (Å²) in [5, 5.41) is 3.45. The van der Waals surface area contributed by atoms with Crippen molar-refractivity contribution in [1.29, 1.82) is 0 Å². The molecule has 3 nitrogen and oxygen atoms in total. The highest BCUT2D eigenvalue weighted by atomic mass is 32.2. The van der Waals surface area contributed by atoms with Crippen LogP contribution < -0.4 is 5.32 Å². The van der Waals surface area contributed by atoms with Gasteiger partial charge in [-0.2, -0.15) is 0 Å². The molecule has 1 fully saturated rings. The average molecular weight is 329 g/mol. The smallest absolute Gasteiger partial charge is 0.0592 e. The molecule has 0 unspecified atom stereocenters. The van der Waals surface area contributed by atoms with E-state index in [0.717, 1.165) is 35.7 Å². The van der Waals surface area contributed by atoms with Gasteiger partial charge < -0.3 is 10.1 Å². The Kier molecular flexibility index (Phi) is 5.83. The number of ether oxygens (including phenoxy) is 1. The number of benzene rings is 2. The lowest BCUT2D eigenvalue weighted by Gasteiger charge is -2.12. The Labute approximate surface area is 140 Å². The van der Waals surface area contributed by atoms with Crippen molar-refractivity contribution in [2.24, 2.45) is 0 Å². The Morgan fingerprint density at radius 1 is 1.13 bits per heavy atom. The SMILES string of the molecule is O=[S@](Cc1cccc(NCC[C@@H]2CCCO2)c1)c1ccccc1. The molecular weight excluding hydrogens is 306 g/mol. The largest absolute Gasteiger partial charge is 0.385 e. The first kappa shape index (κ1) is 16.2. The number of hydrogen-bond acceptors (Lipinski definition) is 3. The van der Waals surface area contributed by atoms with E-state index in [-0.39, 0.29) is 0 Å². The van der Waals surface area contributed by atoms with Gasteiger partial charge >= 0.3 is 0 Å². The number of rotatable bonds is 7. The Morgan fingerprint density at radius 3 is 2.78 bits per heavy atom. The molecule has 1 heterocycles. The van der Waals surface area contributed by atoms with Crippen LogP contribution in [0.15, 0.2) is 59.5 Å². The van der Waals surface area contributed by atoms with Crippen LogP contribution in [-0.2, 0) is 21.3 Å². The quantitative estimate of drug-likeness (QED) is 0.835. The summed E-state index contributed by atoms with van der Waals surface area (Å²) < 4.78 is 18.0. The Hall–Kier alpha value is -1.65. The minimum atomic E-state index is -0.998. The summed E-state index contributed by atoms with van der Waals surface area (Å²) in [6, 6.07) is 17.8. The van der Waals surface area contributed by atoms with E-state index in [0.29, 0.717) is 11.9 Å². The van der Waals surface area contributed by atoms with E-state index in [1.165, 1.54) is 12.8 Å². The zero-order chi connectivity index (χ0) is 15.9. The van der Waals surface area contributed by atoms with Crippen LogP contribution in [-0.4, -0.2) is 23.5 Å². The monoisotopic (exact) mass is 329 g/mol. The van der Waals surface area contributed by atoms with Gasteiger partial charge in [0.1, 0.15) is 0 Å². The standard InChI is InChI=1S/C19H23NO2S/c21-23(19-9-2-1-3-10-19)15-16-6-4-7-17(14-16)20-12-11-18-8-5-13-22-18/h1-4,6-7,9-10,14,18,20H,5,8,11-13,15H2/t18-,23+/m0/s1. The molecular formula is C19H23NO2S. The number of anilines is 1. The topological polar surface area (TPSA) is 38.3 Å². The van der Waals surface area contributed by atoms with Gasteiger partial charge in [0.25, 0.3) is 0 Å². The van der Waals surface area contributed by atoms with Crippen molar-refractivity contribution in [3.8, 4) is 0 Å². The summed E-state index contributed by atoms with van der Waals surface area (Å²) in [7, 11) is -0.998. The summed E-state index contributed by atoms with van der Waals surface area (Å²) in [4.78, 5) is 0.879. The average Bonchev–Trinajstić information content (AvgIpc) is 3.09. The summed E-state index contributed by atoms with van der Waals surface area (Å²) in [5.74, 6) is 0.547. The molecule has 4 heteroatoms. The fourth-order valence-electron chi connectivity index (χ4n) is 2.83. The maximum Gasteiger partial charge on any atom is 0.0592 e. The van der Waals surface area contributed by atoms with Crippen LogP contribution in [0.3, 0.4) is 0 Å². The third-order valence-corrected chi connectivity index (χ3v) is 5.44. The van der Waals surface area contributed by atoms with Crippen molar-refractivity contribution in [2.75, 3.05) is 18.5 Å². The molecule has 1 aliphatic rings. The second-order valence-electron chi connectivity index (χ2n) is 5.85. The molecule has 2 aromatic carbocycles. The maximum absolute atomic E-state index is 12.4. The van der Waals surface area contributed by atoms with Crippen LogP contribution >= 0.6 is 0 Å². The van der Waals surface area contributed by atoms with E-state index in [1.807, 2.05) is 42.5 Å². The molecule has 0 spiro atoms. The summed E-state index contributed by atoms with van der Waals surface area (Å²) in [5.41, 5.74) is 2.18. The second-order valence-corrected chi connectivity index (χ2v) is 7.30. The summed E-state index contributed by atoms with van der Waals surface area (Å²) in [6.45, 7) is 1.82. The maximum atomic E-state index is 12.4. The fourth-order valence-corrected chi connectivity index (χ4v) is 3.94. The van der Waals surface area contributed by atoms with Gasteiger partial charge in [-0.15, -0.1) is 0 Å². The van der Waals surface area contributed by atoms with Crippen LogP contribution in [0.1, 0.15) is 24.8 Å². The molecule has 2 aromatic rings. The number of hydrogen-bond donors (Lipinski definition) is 1. The van der Waals surface area contributed by atoms with Crippen molar-refractivity contribution in [3.05, 3.63) is 60.2 Å². The van der Waals surface area contributed by atoms with Gasteiger partial charge in [-0.3, -0.25) is 4.21 Å². The van der Waals surface area contributed by atoms with Gasteiger partial charge in [-0.1, -0.05) is 30.3 Å². The second kappa shape index (κ2) is 8.27. The first-order valence-electron chi connectivity index (χ1n) is 8.19. The molecule has 1 N–H and O–H groups in total. The van der Waals surface area contributed by atoms with Gasteiger partial charge in [-0.05, 0) is 49.1 Å². The molecule has 0 aromatic heterocycles. The summed E-state index contributed by atoms with van der Waals surface area (Å²) in [6.07, 6.45) is 3.82. The zero-order valence-corrected chi connectivity index (χ0v) is 14.1. The van der Waals surface area contributed by atoms with Crippen molar-refractivity contribution in [1.82, 2.24) is 0 Å². The highest BCUT2D eigenvalue weighted by Gasteiger charge is 2.14. The molecule has 23 heavy (non-hydrogen) atoms. The van der Waals surface area contributed by atoms with Crippen molar-refractivity contribution < 1.29 is 8.95 Å². The molecule has 1 saturated heterocycles. The lowest BCUT2D eigenvalue weighted by Crippen LogP contribution is -2.12. The molecule has 0 saturated carbocycles. The third-order valence-electron chi connectivity index (χ3n) is 4.05. The van der Waals surface area contributed by atoms with Gasteiger partial charge in [0.05, 0.1) is 22.7 Å². The van der Waals surface area contributed by atoms with Crippen LogP contribution in [0.4, 0.5) is 5.69 Å². The van der Waals surface area contributed by atoms with Crippen LogP contribution in [0.25, 0.3) is 0 Å². The first-order chi connectivity index (χ1) is 11.3. The van der Waals surface area contributed by atoms with E-state index >= 15 is 0 Å². The lowest BCUT2D eigenvalue weighted by atomic mass is 10.2. The Morgan fingerprint density at radius 2 is 2.00 bits per heavy atom. The minimum Gasteiger partial charge on any atom is -0.385 e. The Balaban J connectivity index is 1.53. The van der Waals surface area contributed by atoms with E-state index in [4.69, 9.17) is 4.74 Å². The normalized spacial score (nSPS) is 18.7. The molecule has 0 radical (unpaired) electrons.